The normalized spacial score (nSPS) is 12.5. The largest absolute Gasteiger partial charge is 0.469 e. The van der Waals surface area contributed by atoms with Gasteiger partial charge in [0.05, 0.1) is 31.4 Å². The van der Waals surface area contributed by atoms with E-state index in [0.717, 1.165) is 12.2 Å². The van der Waals surface area contributed by atoms with Crippen LogP contribution in [0.3, 0.4) is 0 Å². The number of methoxy groups -OCH3 is 1. The predicted molar refractivity (Wildman–Crippen MR) is 54.1 cm³/mol. The van der Waals surface area contributed by atoms with Crippen LogP contribution in [0.25, 0.3) is 0 Å². The Morgan fingerprint density at radius 2 is 2.47 bits per heavy atom. The molecule has 1 atom stereocenters. The zero-order valence-corrected chi connectivity index (χ0v) is 9.01. The van der Waals surface area contributed by atoms with E-state index in [2.05, 4.69) is 9.72 Å². The second-order valence-corrected chi connectivity index (χ2v) is 3.24. The van der Waals surface area contributed by atoms with E-state index in [-0.39, 0.29) is 12.4 Å². The molecule has 84 valence electrons. The predicted octanol–water partition coefficient (Wildman–Crippen LogP) is 0.890. The molecule has 0 radical (unpaired) electrons. The summed E-state index contributed by atoms with van der Waals surface area (Å²) in [6.07, 6.45) is 3.19. The molecule has 0 aromatic carbocycles. The Balaban J connectivity index is 2.53. The topological polar surface area (TPSA) is 64.3 Å². The number of carbonyl (C=O) groups is 1. The molecule has 0 spiro atoms. The van der Waals surface area contributed by atoms with Gasteiger partial charge in [-0.05, 0) is 13.3 Å². The minimum Gasteiger partial charge on any atom is -0.469 e. The van der Waals surface area contributed by atoms with Crippen LogP contribution in [-0.4, -0.2) is 27.7 Å². The number of esters is 1. The Hall–Kier alpha value is -1.36. The van der Waals surface area contributed by atoms with Gasteiger partial charge in [-0.15, -0.1) is 0 Å². The monoisotopic (exact) mass is 212 g/mol. The van der Waals surface area contributed by atoms with E-state index in [9.17, 15) is 9.90 Å². The zero-order valence-electron chi connectivity index (χ0n) is 9.01. The number of aliphatic hydroxyl groups excluding tert-OH is 1. The van der Waals surface area contributed by atoms with E-state index in [1.54, 1.807) is 12.5 Å². The van der Waals surface area contributed by atoms with Gasteiger partial charge in [-0.25, -0.2) is 4.98 Å². The maximum absolute atomic E-state index is 10.9. The van der Waals surface area contributed by atoms with Crippen molar-refractivity contribution < 1.29 is 14.6 Å². The molecule has 0 fully saturated rings. The minimum atomic E-state index is -0.661. The van der Waals surface area contributed by atoms with Crippen LogP contribution in [0.4, 0.5) is 0 Å². The summed E-state index contributed by atoms with van der Waals surface area (Å²) >= 11 is 0. The fourth-order valence-corrected chi connectivity index (χ4v) is 1.38. The van der Waals surface area contributed by atoms with Crippen molar-refractivity contribution in [2.24, 2.45) is 0 Å². The molecule has 15 heavy (non-hydrogen) atoms. The smallest absolute Gasteiger partial charge is 0.305 e. The molecule has 0 aliphatic heterocycles. The van der Waals surface area contributed by atoms with Crippen LogP contribution in [0.15, 0.2) is 12.5 Å². The Kier molecular flexibility index (Phi) is 4.30. The lowest BCUT2D eigenvalue weighted by atomic mass is 10.1. The fraction of sp³-hybridized carbons (Fsp3) is 0.600. The maximum Gasteiger partial charge on any atom is 0.305 e. The average molecular weight is 212 g/mol. The molecule has 0 saturated carbocycles. The number of nitrogens with zero attached hydrogens (tertiary/aromatic N) is 2. The van der Waals surface area contributed by atoms with Crippen molar-refractivity contribution in [3.8, 4) is 0 Å². The molecular weight excluding hydrogens is 196 g/mol. The summed E-state index contributed by atoms with van der Waals surface area (Å²) in [6.45, 7) is 2.73. The molecule has 1 aromatic rings. The molecule has 5 heteroatoms. The van der Waals surface area contributed by atoms with Gasteiger partial charge in [0.25, 0.3) is 0 Å². The highest BCUT2D eigenvalue weighted by atomic mass is 16.5. The van der Waals surface area contributed by atoms with Gasteiger partial charge in [-0.3, -0.25) is 4.79 Å². The van der Waals surface area contributed by atoms with Crippen molar-refractivity contribution in [3.05, 3.63) is 18.2 Å². The third kappa shape index (κ3) is 3.06. The Labute approximate surface area is 88.7 Å². The molecule has 5 nitrogen and oxygen atoms in total. The Bertz CT molecular complexity index is 322. The number of rotatable bonds is 5. The lowest BCUT2D eigenvalue weighted by Gasteiger charge is -2.11. The summed E-state index contributed by atoms with van der Waals surface area (Å²) in [4.78, 5) is 14.8. The first kappa shape index (κ1) is 11.7. The number of aliphatic hydroxyl groups is 1. The SMILES string of the molecule is CCn1cncc1C(O)CCC(=O)OC. The van der Waals surface area contributed by atoms with Crippen molar-refractivity contribution in [1.82, 2.24) is 9.55 Å². The lowest BCUT2D eigenvalue weighted by Crippen LogP contribution is -2.09. The molecule has 0 bridgehead atoms. The van der Waals surface area contributed by atoms with E-state index in [1.807, 2.05) is 11.5 Å². The number of aromatic nitrogens is 2. The Morgan fingerprint density at radius 3 is 3.07 bits per heavy atom. The van der Waals surface area contributed by atoms with Crippen molar-refractivity contribution in [1.29, 1.82) is 0 Å². The number of aryl methyl sites for hydroxylation is 1. The lowest BCUT2D eigenvalue weighted by molar-refractivity contribution is -0.141. The van der Waals surface area contributed by atoms with Gasteiger partial charge in [0.1, 0.15) is 0 Å². The second kappa shape index (κ2) is 5.50. The quantitative estimate of drug-likeness (QED) is 0.736. The summed E-state index contributed by atoms with van der Waals surface area (Å²) in [5, 5.41) is 9.80. The molecule has 1 aromatic heterocycles. The van der Waals surface area contributed by atoms with Crippen molar-refractivity contribution >= 4 is 5.97 Å². The first-order valence-corrected chi connectivity index (χ1v) is 4.94. The molecule has 0 aliphatic rings. The number of hydrogen-bond acceptors (Lipinski definition) is 4. The van der Waals surface area contributed by atoms with E-state index >= 15 is 0 Å². The summed E-state index contributed by atoms with van der Waals surface area (Å²) < 4.78 is 6.35. The van der Waals surface area contributed by atoms with E-state index in [0.29, 0.717) is 6.42 Å². The molecule has 0 saturated heterocycles. The molecule has 0 amide bonds. The minimum absolute atomic E-state index is 0.215. The first-order valence-electron chi connectivity index (χ1n) is 4.94. The van der Waals surface area contributed by atoms with Crippen molar-refractivity contribution in [3.63, 3.8) is 0 Å². The summed E-state index contributed by atoms with van der Waals surface area (Å²) in [5.41, 5.74) is 0.737. The molecule has 1 heterocycles. The van der Waals surface area contributed by atoms with Gasteiger partial charge in [-0.1, -0.05) is 0 Å². The van der Waals surface area contributed by atoms with Gasteiger partial charge in [0.2, 0.25) is 0 Å². The molecule has 1 rings (SSSR count). The van der Waals surface area contributed by atoms with Crippen LogP contribution in [0.2, 0.25) is 0 Å². The highest BCUT2D eigenvalue weighted by molar-refractivity contribution is 5.69. The van der Waals surface area contributed by atoms with Crippen molar-refractivity contribution in [2.75, 3.05) is 7.11 Å². The first-order chi connectivity index (χ1) is 7.19. The van der Waals surface area contributed by atoms with Gasteiger partial charge in [0, 0.05) is 13.0 Å². The molecule has 1 N–H and O–H groups in total. The van der Waals surface area contributed by atoms with Gasteiger partial charge < -0.3 is 14.4 Å². The Morgan fingerprint density at radius 1 is 1.73 bits per heavy atom. The number of ether oxygens (including phenoxy) is 1. The third-order valence-electron chi connectivity index (χ3n) is 2.28. The van der Waals surface area contributed by atoms with Crippen LogP contribution in [-0.2, 0) is 16.1 Å². The average Bonchev–Trinajstić information content (AvgIpc) is 2.73. The molecule has 1 unspecified atom stereocenters. The fourth-order valence-electron chi connectivity index (χ4n) is 1.38. The molecular formula is C10H16N2O3. The number of imidazole rings is 1. The van der Waals surface area contributed by atoms with E-state index in [1.165, 1.54) is 7.11 Å². The number of carbonyl (C=O) groups excluding carboxylic acids is 1. The molecule has 0 aliphatic carbocycles. The zero-order chi connectivity index (χ0) is 11.3. The second-order valence-electron chi connectivity index (χ2n) is 3.24. The van der Waals surface area contributed by atoms with E-state index in [4.69, 9.17) is 0 Å². The van der Waals surface area contributed by atoms with Crippen molar-refractivity contribution in [2.45, 2.75) is 32.4 Å². The number of hydrogen-bond donors (Lipinski definition) is 1. The summed E-state index contributed by atoms with van der Waals surface area (Å²) in [5.74, 6) is -0.309. The van der Waals surface area contributed by atoms with Gasteiger partial charge >= 0.3 is 5.97 Å². The highest BCUT2D eigenvalue weighted by Crippen LogP contribution is 2.17. The summed E-state index contributed by atoms with van der Waals surface area (Å²) in [7, 11) is 1.34. The van der Waals surface area contributed by atoms with E-state index < -0.39 is 6.10 Å². The highest BCUT2D eigenvalue weighted by Gasteiger charge is 2.14. The van der Waals surface area contributed by atoms with Gasteiger partial charge in [-0.2, -0.15) is 0 Å². The van der Waals surface area contributed by atoms with Crippen LogP contribution in [0, 0.1) is 0 Å². The third-order valence-corrected chi connectivity index (χ3v) is 2.28. The van der Waals surface area contributed by atoms with Crippen LogP contribution in [0.5, 0.6) is 0 Å². The van der Waals surface area contributed by atoms with Gasteiger partial charge in [0.15, 0.2) is 0 Å². The van der Waals surface area contributed by atoms with Crippen LogP contribution >= 0.6 is 0 Å². The van der Waals surface area contributed by atoms with Crippen LogP contribution in [0.1, 0.15) is 31.6 Å². The standard InChI is InChI=1S/C10H16N2O3/c1-3-12-7-11-6-8(12)9(13)4-5-10(14)15-2/h6-7,9,13H,3-5H2,1-2H3. The maximum atomic E-state index is 10.9. The van der Waals surface area contributed by atoms with Crippen LogP contribution < -0.4 is 0 Å². The summed E-state index contributed by atoms with van der Waals surface area (Å²) in [6, 6.07) is 0.